The van der Waals surface area contributed by atoms with E-state index in [4.69, 9.17) is 5.73 Å². The van der Waals surface area contributed by atoms with Crippen LogP contribution in [0.15, 0.2) is 13.2 Å². The quantitative estimate of drug-likeness (QED) is 0.512. The Hall–Kier alpha value is -0.390. The highest BCUT2D eigenvalue weighted by molar-refractivity contribution is 7.86. The van der Waals surface area contributed by atoms with Gasteiger partial charge in [-0.15, -0.1) is 13.2 Å². The first-order chi connectivity index (χ1) is 5.62. The van der Waals surface area contributed by atoms with Crippen LogP contribution in [0.3, 0.4) is 0 Å². The van der Waals surface area contributed by atoms with Gasteiger partial charge in [-0.25, -0.2) is 0 Å². The van der Waals surface area contributed by atoms with Crippen molar-refractivity contribution in [1.29, 1.82) is 0 Å². The smallest absolute Gasteiger partial charge is 0.268 e. The molecule has 5 heteroatoms. The van der Waals surface area contributed by atoms with Crippen LogP contribution in [0.4, 0.5) is 0 Å². The minimum absolute atomic E-state index is 0.0903. The molecule has 0 radical (unpaired) electrons. The second-order valence-electron chi connectivity index (χ2n) is 1.87. The normalized spacial score (nSPS) is 10.2. The van der Waals surface area contributed by atoms with Crippen LogP contribution in [-0.4, -0.2) is 27.3 Å². The molecule has 0 saturated heterocycles. The van der Waals surface area contributed by atoms with Crippen LogP contribution in [0.1, 0.15) is 13.3 Å². The third kappa shape index (κ3) is 9.61. The molecule has 0 atom stereocenters. The molecule has 74 valence electrons. The molecule has 0 heterocycles. The van der Waals surface area contributed by atoms with Crippen molar-refractivity contribution >= 4 is 10.1 Å². The molecule has 0 bridgehead atoms. The van der Waals surface area contributed by atoms with Crippen molar-refractivity contribution in [3.8, 4) is 0 Å². The zero-order valence-corrected chi connectivity index (χ0v) is 8.27. The first-order valence-corrected chi connectivity index (χ1v) is 5.27. The zero-order chi connectivity index (χ0) is 10.0. The summed E-state index contributed by atoms with van der Waals surface area (Å²) in [5.74, 6) is -0.0903. The number of nitrogens with two attached hydrogens (primary N) is 1. The summed E-state index contributed by atoms with van der Waals surface area (Å²) in [7, 11) is -3.32. The summed E-state index contributed by atoms with van der Waals surface area (Å²) in [4.78, 5) is 0. The highest BCUT2D eigenvalue weighted by atomic mass is 32.2. The van der Waals surface area contributed by atoms with E-state index in [1.165, 1.54) is 0 Å². The van der Waals surface area contributed by atoms with Crippen LogP contribution in [0.25, 0.3) is 0 Å². The summed E-state index contributed by atoms with van der Waals surface area (Å²) >= 11 is 0. The van der Waals surface area contributed by atoms with Gasteiger partial charge in [0, 0.05) is 6.54 Å². The predicted octanol–water partition coefficient (Wildman–Crippen LogP) is 0.504. The average Bonchev–Trinajstić information content (AvgIpc) is 2.05. The summed E-state index contributed by atoms with van der Waals surface area (Å²) in [6, 6.07) is 0. The van der Waals surface area contributed by atoms with Crippen LogP contribution in [0.5, 0.6) is 0 Å². The van der Waals surface area contributed by atoms with E-state index in [0.717, 1.165) is 0 Å². The van der Waals surface area contributed by atoms with E-state index in [2.05, 4.69) is 17.3 Å². The summed E-state index contributed by atoms with van der Waals surface area (Å²) < 4.78 is 25.9. The standard InChI is InChI=1S/C5H13NO3S.C2H4/c1-2-4-9-10(7,8)5-3-6;1-2/h2-6H2,1H3;1-2H2. The zero-order valence-electron chi connectivity index (χ0n) is 7.45. The lowest BCUT2D eigenvalue weighted by Crippen LogP contribution is -2.18. The van der Waals surface area contributed by atoms with E-state index in [9.17, 15) is 8.42 Å². The molecule has 0 aliphatic rings. The molecule has 0 aliphatic carbocycles. The molecule has 0 unspecified atom stereocenters. The fourth-order valence-corrected chi connectivity index (χ4v) is 1.24. The van der Waals surface area contributed by atoms with E-state index >= 15 is 0 Å². The van der Waals surface area contributed by atoms with Crippen LogP contribution >= 0.6 is 0 Å². The van der Waals surface area contributed by atoms with Crippen molar-refractivity contribution < 1.29 is 12.6 Å². The van der Waals surface area contributed by atoms with Crippen LogP contribution in [0.2, 0.25) is 0 Å². The monoisotopic (exact) mass is 195 g/mol. The van der Waals surface area contributed by atoms with Gasteiger partial charge in [0.2, 0.25) is 0 Å². The highest BCUT2D eigenvalue weighted by Crippen LogP contribution is 1.92. The molecule has 0 amide bonds. The van der Waals surface area contributed by atoms with Gasteiger partial charge in [-0.1, -0.05) is 6.92 Å². The third-order valence-electron chi connectivity index (χ3n) is 0.835. The topological polar surface area (TPSA) is 69.4 Å². The van der Waals surface area contributed by atoms with E-state index in [1.807, 2.05) is 6.92 Å². The van der Waals surface area contributed by atoms with E-state index in [-0.39, 0.29) is 18.9 Å². The Morgan fingerprint density at radius 1 is 1.42 bits per heavy atom. The Labute approximate surface area is 74.5 Å². The maximum absolute atomic E-state index is 10.7. The van der Waals surface area contributed by atoms with Gasteiger partial charge in [-0.3, -0.25) is 4.18 Å². The van der Waals surface area contributed by atoms with Crippen molar-refractivity contribution in [1.82, 2.24) is 0 Å². The second kappa shape index (κ2) is 8.70. The molecule has 0 aromatic carbocycles. The summed E-state index contributed by atoms with van der Waals surface area (Å²) in [6.07, 6.45) is 0.698. The maximum atomic E-state index is 10.7. The second-order valence-corrected chi connectivity index (χ2v) is 3.63. The van der Waals surface area contributed by atoms with Crippen LogP contribution in [-0.2, 0) is 14.3 Å². The lowest BCUT2D eigenvalue weighted by molar-refractivity contribution is 0.318. The van der Waals surface area contributed by atoms with Gasteiger partial charge in [0.05, 0.1) is 12.4 Å². The Morgan fingerprint density at radius 3 is 2.25 bits per heavy atom. The van der Waals surface area contributed by atoms with Crippen molar-refractivity contribution in [2.24, 2.45) is 5.73 Å². The molecular formula is C7H17NO3S. The van der Waals surface area contributed by atoms with Crippen molar-refractivity contribution in [3.63, 3.8) is 0 Å². The molecule has 0 spiro atoms. The number of hydrogen-bond acceptors (Lipinski definition) is 4. The molecule has 0 fully saturated rings. The molecule has 4 nitrogen and oxygen atoms in total. The van der Waals surface area contributed by atoms with Crippen molar-refractivity contribution in [2.75, 3.05) is 18.9 Å². The van der Waals surface area contributed by atoms with Gasteiger partial charge < -0.3 is 5.73 Å². The fourth-order valence-electron chi connectivity index (χ4n) is 0.414. The Kier molecular flexibility index (Phi) is 10.3. The lowest BCUT2D eigenvalue weighted by Gasteiger charge is -2.00. The summed E-state index contributed by atoms with van der Waals surface area (Å²) in [5.41, 5.74) is 5.03. The molecule has 12 heavy (non-hydrogen) atoms. The Bertz CT molecular complexity index is 177. The van der Waals surface area contributed by atoms with E-state index < -0.39 is 10.1 Å². The van der Waals surface area contributed by atoms with Crippen LogP contribution in [0, 0.1) is 0 Å². The predicted molar refractivity (Wildman–Crippen MR) is 50.3 cm³/mol. The lowest BCUT2D eigenvalue weighted by atomic mass is 10.5. The van der Waals surface area contributed by atoms with Gasteiger partial charge in [0.25, 0.3) is 10.1 Å². The maximum Gasteiger partial charge on any atom is 0.268 e. The average molecular weight is 195 g/mol. The first kappa shape index (κ1) is 14.2. The van der Waals surface area contributed by atoms with Gasteiger partial charge in [0.1, 0.15) is 0 Å². The summed E-state index contributed by atoms with van der Waals surface area (Å²) in [5, 5.41) is 0. The van der Waals surface area contributed by atoms with E-state index in [0.29, 0.717) is 6.42 Å². The molecule has 0 saturated carbocycles. The van der Waals surface area contributed by atoms with E-state index in [1.54, 1.807) is 0 Å². The molecule has 2 N–H and O–H groups in total. The largest absolute Gasteiger partial charge is 0.329 e. The third-order valence-corrected chi connectivity index (χ3v) is 2.10. The first-order valence-electron chi connectivity index (χ1n) is 3.69. The minimum atomic E-state index is -3.32. The summed E-state index contributed by atoms with van der Waals surface area (Å²) in [6.45, 7) is 8.21. The number of rotatable bonds is 5. The molecular weight excluding hydrogens is 178 g/mol. The van der Waals surface area contributed by atoms with Crippen LogP contribution < -0.4 is 5.73 Å². The minimum Gasteiger partial charge on any atom is -0.329 e. The Morgan fingerprint density at radius 2 is 1.92 bits per heavy atom. The van der Waals surface area contributed by atoms with Gasteiger partial charge in [-0.05, 0) is 6.42 Å². The molecule has 0 aromatic rings. The number of hydrogen-bond donors (Lipinski definition) is 1. The Balaban J connectivity index is 0. The van der Waals surface area contributed by atoms with Crippen molar-refractivity contribution in [2.45, 2.75) is 13.3 Å². The van der Waals surface area contributed by atoms with Gasteiger partial charge in [-0.2, -0.15) is 8.42 Å². The molecule has 0 rings (SSSR count). The van der Waals surface area contributed by atoms with Crippen molar-refractivity contribution in [3.05, 3.63) is 13.2 Å². The molecule has 0 aromatic heterocycles. The molecule has 0 aliphatic heterocycles. The van der Waals surface area contributed by atoms with Gasteiger partial charge in [0.15, 0.2) is 0 Å². The SMILES string of the molecule is C=C.CCCOS(=O)(=O)CCN. The van der Waals surface area contributed by atoms with Gasteiger partial charge >= 0.3 is 0 Å². The fraction of sp³-hybridized carbons (Fsp3) is 0.714. The highest BCUT2D eigenvalue weighted by Gasteiger charge is 2.07.